The second-order valence-corrected chi connectivity index (χ2v) is 3.53. The third kappa shape index (κ3) is 1.30. The Morgan fingerprint density at radius 3 is 2.79 bits per heavy atom. The number of aliphatic hydroxyl groups excluding tert-OH is 1. The van der Waals surface area contributed by atoms with Crippen molar-refractivity contribution in [1.29, 1.82) is 0 Å². The van der Waals surface area contributed by atoms with Crippen molar-refractivity contribution < 1.29 is 9.50 Å². The van der Waals surface area contributed by atoms with Crippen LogP contribution in [0, 0.1) is 5.82 Å². The molecule has 0 amide bonds. The summed E-state index contributed by atoms with van der Waals surface area (Å²) in [5.74, 6) is -0.254. The van der Waals surface area contributed by atoms with Crippen LogP contribution in [-0.2, 0) is 7.05 Å². The zero-order valence-corrected chi connectivity index (χ0v) is 8.16. The number of nitrogens with zero attached hydrogens (tertiary/aromatic N) is 1. The molecule has 3 heteroatoms. The van der Waals surface area contributed by atoms with Crippen LogP contribution in [0.5, 0.6) is 0 Å². The first-order valence-electron chi connectivity index (χ1n) is 4.52. The second-order valence-electron chi connectivity index (χ2n) is 3.53. The van der Waals surface area contributed by atoms with Crippen LogP contribution in [0.25, 0.3) is 10.9 Å². The number of aryl methyl sites for hydroxylation is 1. The Morgan fingerprint density at radius 1 is 1.43 bits per heavy atom. The van der Waals surface area contributed by atoms with E-state index in [-0.39, 0.29) is 5.82 Å². The molecule has 1 unspecified atom stereocenters. The van der Waals surface area contributed by atoms with E-state index >= 15 is 0 Å². The molecule has 0 aliphatic heterocycles. The van der Waals surface area contributed by atoms with Crippen molar-refractivity contribution in [2.24, 2.45) is 7.05 Å². The average Bonchev–Trinajstić information content (AvgIpc) is 2.44. The smallest absolute Gasteiger partial charge is 0.125 e. The molecule has 0 aliphatic carbocycles. The summed E-state index contributed by atoms with van der Waals surface area (Å²) in [4.78, 5) is 0. The van der Waals surface area contributed by atoms with E-state index in [2.05, 4.69) is 0 Å². The number of aromatic nitrogens is 1. The predicted molar refractivity (Wildman–Crippen MR) is 53.5 cm³/mol. The lowest BCUT2D eigenvalue weighted by Gasteiger charge is -2.00. The van der Waals surface area contributed by atoms with Crippen molar-refractivity contribution in [3.05, 3.63) is 35.8 Å². The third-order valence-corrected chi connectivity index (χ3v) is 2.43. The van der Waals surface area contributed by atoms with Gasteiger partial charge in [0, 0.05) is 24.2 Å². The highest BCUT2D eigenvalue weighted by molar-refractivity contribution is 5.84. The van der Waals surface area contributed by atoms with Crippen LogP contribution < -0.4 is 0 Å². The molecule has 0 radical (unpaired) electrons. The first-order valence-corrected chi connectivity index (χ1v) is 4.52. The van der Waals surface area contributed by atoms with Crippen LogP contribution in [-0.4, -0.2) is 9.67 Å². The Balaban J connectivity index is 2.77. The van der Waals surface area contributed by atoms with Gasteiger partial charge in [0.05, 0.1) is 11.6 Å². The van der Waals surface area contributed by atoms with Gasteiger partial charge in [-0.25, -0.2) is 4.39 Å². The standard InChI is InChI=1S/C11H12FNO/c1-7(14)10-6-13(2)11-5-8(12)3-4-9(10)11/h3-7,14H,1-2H3. The lowest BCUT2D eigenvalue weighted by atomic mass is 10.1. The Labute approximate surface area is 81.6 Å². The van der Waals surface area contributed by atoms with E-state index in [1.165, 1.54) is 12.1 Å². The molecule has 1 aromatic carbocycles. The first-order chi connectivity index (χ1) is 6.59. The lowest BCUT2D eigenvalue weighted by Crippen LogP contribution is -1.88. The SMILES string of the molecule is CC(O)c1cn(C)c2cc(F)ccc12. The highest BCUT2D eigenvalue weighted by atomic mass is 19.1. The Bertz CT molecular complexity index is 473. The number of rotatable bonds is 1. The van der Waals surface area contributed by atoms with E-state index in [1.807, 2.05) is 17.8 Å². The van der Waals surface area contributed by atoms with Gasteiger partial charge in [0.15, 0.2) is 0 Å². The van der Waals surface area contributed by atoms with E-state index in [0.29, 0.717) is 0 Å². The van der Waals surface area contributed by atoms with Crippen LogP contribution in [0.2, 0.25) is 0 Å². The van der Waals surface area contributed by atoms with E-state index < -0.39 is 6.10 Å². The molecule has 2 rings (SSSR count). The molecule has 1 aromatic heterocycles. The summed E-state index contributed by atoms with van der Waals surface area (Å²) < 4.78 is 14.8. The highest BCUT2D eigenvalue weighted by Crippen LogP contribution is 2.26. The zero-order chi connectivity index (χ0) is 10.3. The third-order valence-electron chi connectivity index (χ3n) is 2.43. The van der Waals surface area contributed by atoms with Crippen molar-refractivity contribution in [2.45, 2.75) is 13.0 Å². The molecule has 0 saturated heterocycles. The summed E-state index contributed by atoms with van der Waals surface area (Å²) in [5.41, 5.74) is 1.64. The maximum Gasteiger partial charge on any atom is 0.125 e. The van der Waals surface area contributed by atoms with Gasteiger partial charge in [0.2, 0.25) is 0 Å². The van der Waals surface area contributed by atoms with Crippen molar-refractivity contribution in [3.8, 4) is 0 Å². The van der Waals surface area contributed by atoms with Crippen LogP contribution in [0.15, 0.2) is 24.4 Å². The normalized spacial score (nSPS) is 13.4. The summed E-state index contributed by atoms with van der Waals surface area (Å²) in [6.45, 7) is 1.71. The van der Waals surface area contributed by atoms with Crippen molar-refractivity contribution in [3.63, 3.8) is 0 Å². The maximum atomic E-state index is 13.0. The second kappa shape index (κ2) is 3.10. The fourth-order valence-electron chi connectivity index (χ4n) is 1.72. The van der Waals surface area contributed by atoms with Crippen LogP contribution in [0.3, 0.4) is 0 Å². The molecule has 0 aliphatic rings. The molecular formula is C11H12FNO. The number of hydrogen-bond acceptors (Lipinski definition) is 1. The Kier molecular flexibility index (Phi) is 2.04. The van der Waals surface area contributed by atoms with Gasteiger partial charge < -0.3 is 9.67 Å². The van der Waals surface area contributed by atoms with E-state index in [1.54, 1.807) is 13.0 Å². The molecule has 2 aromatic rings. The summed E-state index contributed by atoms with van der Waals surface area (Å²) in [6, 6.07) is 4.59. The zero-order valence-electron chi connectivity index (χ0n) is 8.16. The summed E-state index contributed by atoms with van der Waals surface area (Å²) in [5, 5.41) is 10.4. The number of fused-ring (bicyclic) bond motifs is 1. The Morgan fingerprint density at radius 2 is 2.14 bits per heavy atom. The van der Waals surface area contributed by atoms with Gasteiger partial charge in [0.25, 0.3) is 0 Å². The molecule has 1 N–H and O–H groups in total. The minimum Gasteiger partial charge on any atom is -0.389 e. The quantitative estimate of drug-likeness (QED) is 0.739. The van der Waals surface area contributed by atoms with Crippen molar-refractivity contribution in [2.75, 3.05) is 0 Å². The molecule has 2 nitrogen and oxygen atoms in total. The minimum atomic E-state index is -0.524. The molecule has 74 valence electrons. The monoisotopic (exact) mass is 193 g/mol. The average molecular weight is 193 g/mol. The minimum absolute atomic E-state index is 0.254. The molecule has 0 spiro atoms. The number of benzene rings is 1. The van der Waals surface area contributed by atoms with Crippen LogP contribution in [0.1, 0.15) is 18.6 Å². The first kappa shape index (κ1) is 9.21. The highest BCUT2D eigenvalue weighted by Gasteiger charge is 2.10. The van der Waals surface area contributed by atoms with E-state index in [0.717, 1.165) is 16.5 Å². The maximum absolute atomic E-state index is 13.0. The van der Waals surface area contributed by atoms with Gasteiger partial charge in [-0.3, -0.25) is 0 Å². The molecule has 1 atom stereocenters. The van der Waals surface area contributed by atoms with Crippen LogP contribution in [0.4, 0.5) is 4.39 Å². The largest absolute Gasteiger partial charge is 0.389 e. The van der Waals surface area contributed by atoms with Crippen molar-refractivity contribution in [1.82, 2.24) is 4.57 Å². The lowest BCUT2D eigenvalue weighted by molar-refractivity contribution is 0.200. The molecule has 14 heavy (non-hydrogen) atoms. The van der Waals surface area contributed by atoms with Crippen LogP contribution >= 0.6 is 0 Å². The molecule has 0 fully saturated rings. The van der Waals surface area contributed by atoms with Gasteiger partial charge in [-0.1, -0.05) is 0 Å². The fraction of sp³-hybridized carbons (Fsp3) is 0.273. The molecule has 1 heterocycles. The van der Waals surface area contributed by atoms with E-state index in [4.69, 9.17) is 0 Å². The number of hydrogen-bond donors (Lipinski definition) is 1. The predicted octanol–water partition coefficient (Wildman–Crippen LogP) is 2.37. The Hall–Kier alpha value is -1.35. The summed E-state index contributed by atoms with van der Waals surface area (Å²) in [6.07, 6.45) is 1.30. The fourth-order valence-corrected chi connectivity index (χ4v) is 1.72. The number of aliphatic hydroxyl groups is 1. The topological polar surface area (TPSA) is 25.2 Å². The molecule has 0 bridgehead atoms. The van der Waals surface area contributed by atoms with Gasteiger partial charge in [-0.05, 0) is 25.1 Å². The molecular weight excluding hydrogens is 181 g/mol. The van der Waals surface area contributed by atoms with Gasteiger partial charge >= 0.3 is 0 Å². The van der Waals surface area contributed by atoms with Gasteiger partial charge in [-0.2, -0.15) is 0 Å². The summed E-state index contributed by atoms with van der Waals surface area (Å²) >= 11 is 0. The van der Waals surface area contributed by atoms with Crippen molar-refractivity contribution >= 4 is 10.9 Å². The van der Waals surface area contributed by atoms with E-state index in [9.17, 15) is 9.50 Å². The summed E-state index contributed by atoms with van der Waals surface area (Å²) in [7, 11) is 1.84. The number of halogens is 1. The molecule has 0 saturated carbocycles. The van der Waals surface area contributed by atoms with Gasteiger partial charge in [-0.15, -0.1) is 0 Å². The van der Waals surface area contributed by atoms with Gasteiger partial charge in [0.1, 0.15) is 5.82 Å².